The fourth-order valence-electron chi connectivity index (χ4n) is 3.06. The summed E-state index contributed by atoms with van der Waals surface area (Å²) in [7, 11) is 0. The van der Waals surface area contributed by atoms with E-state index in [2.05, 4.69) is 15.3 Å². The summed E-state index contributed by atoms with van der Waals surface area (Å²) in [6.07, 6.45) is 0. The van der Waals surface area contributed by atoms with Crippen LogP contribution in [0.1, 0.15) is 59.5 Å². The fourth-order valence-corrected chi connectivity index (χ4v) is 4.27. The summed E-state index contributed by atoms with van der Waals surface area (Å²) in [4.78, 5) is 33.1. The lowest BCUT2D eigenvalue weighted by Gasteiger charge is -2.20. The highest BCUT2D eigenvalue weighted by atomic mass is 35.5. The molecule has 0 radical (unpaired) electrons. The molecule has 0 bridgehead atoms. The largest absolute Gasteiger partial charge is 0.462 e. The first-order valence-corrected chi connectivity index (χ1v) is 10.2. The molecule has 0 spiro atoms. The molecule has 0 aliphatic heterocycles. The number of H-pyrrole nitrogens is 1. The van der Waals surface area contributed by atoms with Gasteiger partial charge in [0.15, 0.2) is 0 Å². The number of aromatic nitrogens is 2. The number of carbonyl (C=O) groups is 1. The lowest BCUT2D eigenvalue weighted by Crippen LogP contribution is -2.26. The van der Waals surface area contributed by atoms with E-state index in [1.807, 2.05) is 38.1 Å². The molecule has 28 heavy (non-hydrogen) atoms. The molecule has 148 valence electrons. The number of hydrogen-bond acceptors (Lipinski definition) is 6. The Morgan fingerprint density at radius 3 is 2.61 bits per heavy atom. The zero-order valence-electron chi connectivity index (χ0n) is 16.1. The summed E-state index contributed by atoms with van der Waals surface area (Å²) >= 11 is 7.13. The SMILES string of the molecule is CCOC(=O)c1sc2nc([C@@H](C)N[C@@H](C)c3ccc(Cl)cc3)[nH]c(=O)c2c1C. The van der Waals surface area contributed by atoms with E-state index in [1.54, 1.807) is 13.8 Å². The lowest BCUT2D eigenvalue weighted by molar-refractivity contribution is 0.0531. The summed E-state index contributed by atoms with van der Waals surface area (Å²) in [5.74, 6) is 0.0986. The van der Waals surface area contributed by atoms with Gasteiger partial charge in [0.1, 0.15) is 15.5 Å². The molecule has 3 rings (SSSR count). The molecule has 6 nitrogen and oxygen atoms in total. The van der Waals surface area contributed by atoms with Crippen molar-refractivity contribution in [2.75, 3.05) is 6.61 Å². The predicted octanol–water partition coefficient (Wildman–Crippen LogP) is 4.53. The minimum absolute atomic E-state index is 0.0356. The van der Waals surface area contributed by atoms with Crippen molar-refractivity contribution in [3.8, 4) is 0 Å². The van der Waals surface area contributed by atoms with E-state index in [9.17, 15) is 9.59 Å². The van der Waals surface area contributed by atoms with Crippen LogP contribution >= 0.6 is 22.9 Å². The van der Waals surface area contributed by atoms with Crippen molar-refractivity contribution in [3.63, 3.8) is 0 Å². The Bertz CT molecular complexity index is 1060. The van der Waals surface area contributed by atoms with Crippen molar-refractivity contribution in [1.29, 1.82) is 0 Å². The van der Waals surface area contributed by atoms with Crippen LogP contribution in [0.4, 0.5) is 0 Å². The normalized spacial score (nSPS) is 13.5. The van der Waals surface area contributed by atoms with Crippen LogP contribution in [0.3, 0.4) is 0 Å². The molecule has 2 N–H and O–H groups in total. The molecule has 0 aliphatic rings. The summed E-state index contributed by atoms with van der Waals surface area (Å²) in [6.45, 7) is 7.74. The maximum atomic E-state index is 12.6. The van der Waals surface area contributed by atoms with E-state index >= 15 is 0 Å². The van der Waals surface area contributed by atoms with E-state index < -0.39 is 5.97 Å². The Kier molecular flexibility index (Phi) is 6.17. The van der Waals surface area contributed by atoms with Gasteiger partial charge in [-0.1, -0.05) is 23.7 Å². The van der Waals surface area contributed by atoms with Gasteiger partial charge in [-0.25, -0.2) is 9.78 Å². The molecule has 2 aromatic heterocycles. The first-order valence-electron chi connectivity index (χ1n) is 9.03. The number of thiophene rings is 1. The number of rotatable bonds is 6. The molecule has 3 aromatic rings. The zero-order valence-corrected chi connectivity index (χ0v) is 17.7. The van der Waals surface area contributed by atoms with Crippen LogP contribution in [-0.4, -0.2) is 22.5 Å². The van der Waals surface area contributed by atoms with Gasteiger partial charge in [0.05, 0.1) is 18.0 Å². The number of aromatic amines is 1. The first kappa shape index (κ1) is 20.5. The number of halogens is 1. The quantitative estimate of drug-likeness (QED) is 0.573. The molecule has 0 unspecified atom stereocenters. The number of nitrogens with one attached hydrogen (secondary N) is 2. The van der Waals surface area contributed by atoms with E-state index in [4.69, 9.17) is 16.3 Å². The highest BCUT2D eigenvalue weighted by Gasteiger charge is 2.21. The third-order valence-corrected chi connectivity index (χ3v) is 5.98. The number of fused-ring (bicyclic) bond motifs is 1. The van der Waals surface area contributed by atoms with Gasteiger partial charge in [-0.3, -0.25) is 4.79 Å². The fraction of sp³-hybridized carbons (Fsp3) is 0.350. The highest BCUT2D eigenvalue weighted by Crippen LogP contribution is 2.28. The molecule has 0 saturated heterocycles. The second kappa shape index (κ2) is 8.43. The standard InChI is InChI=1S/C20H22ClN3O3S/c1-5-27-20(26)16-10(2)15-18(25)23-17(24-19(15)28-16)12(4)22-11(3)13-6-8-14(21)9-7-13/h6-9,11-12,22H,5H2,1-4H3,(H,23,24,25)/t11-,12+/m0/s1. The Morgan fingerprint density at radius 2 is 1.96 bits per heavy atom. The summed E-state index contributed by atoms with van der Waals surface area (Å²) in [6, 6.07) is 7.44. The predicted molar refractivity (Wildman–Crippen MR) is 112 cm³/mol. The van der Waals surface area contributed by atoms with E-state index in [0.29, 0.717) is 31.5 Å². The van der Waals surface area contributed by atoms with Gasteiger partial charge in [0.2, 0.25) is 0 Å². The monoisotopic (exact) mass is 419 g/mol. The van der Waals surface area contributed by atoms with E-state index in [0.717, 1.165) is 5.56 Å². The molecule has 0 aliphatic carbocycles. The first-order chi connectivity index (χ1) is 13.3. The molecule has 0 fully saturated rings. The number of hydrogen-bond donors (Lipinski definition) is 2. The van der Waals surface area contributed by atoms with Crippen molar-refractivity contribution in [3.05, 3.63) is 61.5 Å². The third-order valence-electron chi connectivity index (χ3n) is 4.56. The van der Waals surface area contributed by atoms with Crippen molar-refractivity contribution < 1.29 is 9.53 Å². The van der Waals surface area contributed by atoms with Gasteiger partial charge in [-0.2, -0.15) is 0 Å². The van der Waals surface area contributed by atoms with Crippen molar-refractivity contribution in [2.45, 2.75) is 39.8 Å². The molecular formula is C20H22ClN3O3S. The number of benzene rings is 1. The minimum atomic E-state index is -0.425. The van der Waals surface area contributed by atoms with Crippen LogP contribution in [0, 0.1) is 6.92 Å². The topological polar surface area (TPSA) is 84.1 Å². The number of esters is 1. The van der Waals surface area contributed by atoms with Crippen molar-refractivity contribution in [2.24, 2.45) is 0 Å². The molecule has 8 heteroatoms. The third kappa shape index (κ3) is 4.11. The van der Waals surface area contributed by atoms with Gasteiger partial charge in [-0.05, 0) is 51.0 Å². The Hall–Kier alpha value is -2.22. The number of carbonyl (C=O) groups excluding carboxylic acids is 1. The van der Waals surface area contributed by atoms with Gasteiger partial charge < -0.3 is 15.0 Å². The summed E-state index contributed by atoms with van der Waals surface area (Å²) in [5.41, 5.74) is 1.43. The van der Waals surface area contributed by atoms with Crippen LogP contribution < -0.4 is 10.9 Å². The van der Waals surface area contributed by atoms with Crippen LogP contribution in [0.15, 0.2) is 29.1 Å². The van der Waals surface area contributed by atoms with Gasteiger partial charge in [-0.15, -0.1) is 11.3 Å². The second-order valence-corrected chi connectivity index (χ2v) is 8.01. The number of ether oxygens (including phenoxy) is 1. The maximum Gasteiger partial charge on any atom is 0.348 e. The average Bonchev–Trinajstić information content (AvgIpc) is 2.99. The Balaban J connectivity index is 1.89. The van der Waals surface area contributed by atoms with Crippen molar-refractivity contribution >= 4 is 39.1 Å². The van der Waals surface area contributed by atoms with Crippen molar-refractivity contribution in [1.82, 2.24) is 15.3 Å². The van der Waals surface area contributed by atoms with Gasteiger partial charge >= 0.3 is 5.97 Å². The number of aryl methyl sites for hydroxylation is 1. The molecule has 2 heterocycles. The van der Waals surface area contributed by atoms with Crippen LogP contribution in [0.25, 0.3) is 10.2 Å². The van der Waals surface area contributed by atoms with Gasteiger partial charge in [0, 0.05) is 11.1 Å². The highest BCUT2D eigenvalue weighted by molar-refractivity contribution is 7.20. The Morgan fingerprint density at radius 1 is 1.29 bits per heavy atom. The minimum Gasteiger partial charge on any atom is -0.462 e. The summed E-state index contributed by atoms with van der Waals surface area (Å²) in [5, 5.41) is 4.55. The number of nitrogens with zero attached hydrogens (tertiary/aromatic N) is 1. The average molecular weight is 420 g/mol. The summed E-state index contributed by atoms with van der Waals surface area (Å²) < 4.78 is 5.08. The van der Waals surface area contributed by atoms with Gasteiger partial charge in [0.25, 0.3) is 5.56 Å². The maximum absolute atomic E-state index is 12.6. The van der Waals surface area contributed by atoms with Crippen LogP contribution in [0.5, 0.6) is 0 Å². The van der Waals surface area contributed by atoms with E-state index in [1.165, 1.54) is 11.3 Å². The molecule has 2 atom stereocenters. The van der Waals surface area contributed by atoms with Crippen LogP contribution in [0.2, 0.25) is 5.02 Å². The van der Waals surface area contributed by atoms with E-state index in [-0.39, 0.29) is 24.2 Å². The molecule has 0 saturated carbocycles. The lowest BCUT2D eigenvalue weighted by atomic mass is 10.1. The van der Waals surface area contributed by atoms with Crippen LogP contribution in [-0.2, 0) is 4.74 Å². The smallest absolute Gasteiger partial charge is 0.348 e. The molecular weight excluding hydrogens is 398 g/mol. The zero-order chi connectivity index (χ0) is 20.4. The molecule has 1 aromatic carbocycles. The Labute approximate surface area is 171 Å². The molecule has 0 amide bonds. The second-order valence-electron chi connectivity index (χ2n) is 6.57.